The summed E-state index contributed by atoms with van der Waals surface area (Å²) in [5.74, 6) is 1.55. The highest BCUT2D eigenvalue weighted by Gasteiger charge is 2.23. The lowest BCUT2D eigenvalue weighted by Gasteiger charge is -2.27. The fourth-order valence-corrected chi connectivity index (χ4v) is 1.85. The molecule has 1 atom stereocenters. The molecule has 102 valence electrons. The lowest BCUT2D eigenvalue weighted by Crippen LogP contribution is -2.29. The van der Waals surface area contributed by atoms with Crippen LogP contribution in [0.25, 0.3) is 0 Å². The molecule has 0 saturated carbocycles. The summed E-state index contributed by atoms with van der Waals surface area (Å²) < 4.78 is 16.0. The van der Waals surface area contributed by atoms with Crippen molar-refractivity contribution >= 4 is 0 Å². The second-order valence-corrected chi connectivity index (χ2v) is 4.88. The number of benzene rings is 1. The summed E-state index contributed by atoms with van der Waals surface area (Å²) in [6.45, 7) is 4.03. The van der Waals surface area contributed by atoms with Gasteiger partial charge in [0, 0.05) is 18.7 Å². The molecule has 0 saturated heterocycles. The van der Waals surface area contributed by atoms with Crippen molar-refractivity contribution in [2.24, 2.45) is 5.73 Å². The summed E-state index contributed by atoms with van der Waals surface area (Å²) in [4.78, 5) is 0. The third kappa shape index (κ3) is 3.62. The van der Waals surface area contributed by atoms with Crippen LogP contribution in [0.1, 0.15) is 31.9 Å². The predicted octanol–water partition coefficient (Wildman–Crippen LogP) is 2.52. The first-order valence-corrected chi connectivity index (χ1v) is 5.96. The van der Waals surface area contributed by atoms with Gasteiger partial charge >= 0.3 is 0 Å². The normalized spacial score (nSPS) is 13.2. The molecular weight excluding hydrogens is 230 g/mol. The molecule has 0 fully saturated rings. The van der Waals surface area contributed by atoms with E-state index in [4.69, 9.17) is 19.9 Å². The van der Waals surface area contributed by atoms with E-state index in [2.05, 4.69) is 0 Å². The molecular formula is C14H23NO3. The monoisotopic (exact) mass is 253 g/mol. The van der Waals surface area contributed by atoms with E-state index in [9.17, 15) is 0 Å². The van der Waals surface area contributed by atoms with Crippen LogP contribution in [0.3, 0.4) is 0 Å². The fourth-order valence-electron chi connectivity index (χ4n) is 1.85. The fraction of sp³-hybridized carbons (Fsp3) is 0.571. The minimum atomic E-state index is -0.270. The van der Waals surface area contributed by atoms with Gasteiger partial charge in [-0.1, -0.05) is 0 Å². The lowest BCUT2D eigenvalue weighted by molar-refractivity contribution is 0.00980. The molecule has 0 aliphatic carbocycles. The summed E-state index contributed by atoms with van der Waals surface area (Å²) in [7, 11) is 4.96. The first kappa shape index (κ1) is 14.8. The molecule has 18 heavy (non-hydrogen) atoms. The van der Waals surface area contributed by atoms with E-state index < -0.39 is 0 Å². The highest BCUT2D eigenvalue weighted by molar-refractivity contribution is 5.42. The van der Waals surface area contributed by atoms with Crippen molar-refractivity contribution in [1.29, 1.82) is 0 Å². The third-order valence-corrected chi connectivity index (χ3v) is 3.10. The topological polar surface area (TPSA) is 53.7 Å². The van der Waals surface area contributed by atoms with Crippen LogP contribution in [0.4, 0.5) is 0 Å². The zero-order valence-corrected chi connectivity index (χ0v) is 11.8. The van der Waals surface area contributed by atoms with Gasteiger partial charge in [-0.2, -0.15) is 0 Å². The van der Waals surface area contributed by atoms with E-state index in [1.807, 2.05) is 32.0 Å². The van der Waals surface area contributed by atoms with Crippen molar-refractivity contribution in [3.8, 4) is 11.5 Å². The molecule has 0 radical (unpaired) electrons. The Balaban J connectivity index is 2.99. The smallest absolute Gasteiger partial charge is 0.123 e. The van der Waals surface area contributed by atoms with Crippen molar-refractivity contribution < 1.29 is 14.2 Å². The minimum absolute atomic E-state index is 0.162. The van der Waals surface area contributed by atoms with Crippen LogP contribution in [0.2, 0.25) is 0 Å². The molecule has 1 unspecified atom stereocenters. The van der Waals surface area contributed by atoms with Crippen molar-refractivity contribution in [2.75, 3.05) is 21.3 Å². The number of nitrogens with two attached hydrogens (primary N) is 1. The van der Waals surface area contributed by atoms with Gasteiger partial charge in [0.15, 0.2) is 0 Å². The van der Waals surface area contributed by atoms with Gasteiger partial charge in [0.2, 0.25) is 0 Å². The van der Waals surface area contributed by atoms with Gasteiger partial charge in [-0.15, -0.1) is 0 Å². The molecule has 0 aromatic heterocycles. The van der Waals surface area contributed by atoms with Gasteiger partial charge in [-0.3, -0.25) is 0 Å². The summed E-state index contributed by atoms with van der Waals surface area (Å²) in [6.07, 6.45) is 0.701. The van der Waals surface area contributed by atoms with Crippen LogP contribution in [0.5, 0.6) is 11.5 Å². The van der Waals surface area contributed by atoms with Crippen LogP contribution in [0, 0.1) is 0 Å². The molecule has 1 aromatic rings. The molecule has 4 nitrogen and oxygen atoms in total. The van der Waals surface area contributed by atoms with Gasteiger partial charge in [-0.25, -0.2) is 0 Å². The molecule has 0 bridgehead atoms. The Kier molecular flexibility index (Phi) is 4.99. The van der Waals surface area contributed by atoms with E-state index in [1.54, 1.807) is 21.3 Å². The van der Waals surface area contributed by atoms with E-state index in [1.165, 1.54) is 0 Å². The quantitative estimate of drug-likeness (QED) is 0.846. The number of methoxy groups -OCH3 is 3. The predicted molar refractivity (Wildman–Crippen MR) is 72.2 cm³/mol. The second-order valence-electron chi connectivity index (χ2n) is 4.88. The number of hydrogen-bond donors (Lipinski definition) is 1. The summed E-state index contributed by atoms with van der Waals surface area (Å²) in [5.41, 5.74) is 6.90. The number of hydrogen-bond acceptors (Lipinski definition) is 4. The summed E-state index contributed by atoms with van der Waals surface area (Å²) >= 11 is 0. The number of ether oxygens (including phenoxy) is 3. The van der Waals surface area contributed by atoms with Gasteiger partial charge in [0.05, 0.1) is 19.8 Å². The van der Waals surface area contributed by atoms with Crippen molar-refractivity contribution in [2.45, 2.75) is 31.9 Å². The van der Waals surface area contributed by atoms with Crippen LogP contribution < -0.4 is 15.2 Å². The SMILES string of the molecule is COc1ccc(OC)c(C(N)CC(C)(C)OC)c1. The Morgan fingerprint density at radius 1 is 1.17 bits per heavy atom. The largest absolute Gasteiger partial charge is 0.497 e. The van der Waals surface area contributed by atoms with Gasteiger partial charge in [0.1, 0.15) is 11.5 Å². The Morgan fingerprint density at radius 3 is 2.33 bits per heavy atom. The Bertz CT molecular complexity index is 391. The van der Waals surface area contributed by atoms with Crippen molar-refractivity contribution in [3.63, 3.8) is 0 Å². The molecule has 2 N–H and O–H groups in total. The maximum Gasteiger partial charge on any atom is 0.123 e. The maximum atomic E-state index is 6.24. The standard InChI is InChI=1S/C14H23NO3/c1-14(2,18-5)9-12(15)11-8-10(16-3)6-7-13(11)17-4/h6-8,12H,9,15H2,1-5H3. The maximum absolute atomic E-state index is 6.24. The molecule has 0 amide bonds. The molecule has 1 aromatic carbocycles. The Hall–Kier alpha value is -1.26. The molecule has 1 rings (SSSR count). The summed E-state index contributed by atoms with van der Waals surface area (Å²) in [6, 6.07) is 5.48. The summed E-state index contributed by atoms with van der Waals surface area (Å²) in [5, 5.41) is 0. The molecule has 0 aliphatic heterocycles. The average molecular weight is 253 g/mol. The van der Waals surface area contributed by atoms with Gasteiger partial charge in [-0.05, 0) is 38.5 Å². The zero-order chi connectivity index (χ0) is 13.8. The van der Waals surface area contributed by atoms with E-state index in [-0.39, 0.29) is 11.6 Å². The van der Waals surface area contributed by atoms with Crippen LogP contribution in [-0.2, 0) is 4.74 Å². The highest BCUT2D eigenvalue weighted by atomic mass is 16.5. The molecule has 0 heterocycles. The van der Waals surface area contributed by atoms with Crippen LogP contribution in [0.15, 0.2) is 18.2 Å². The lowest BCUT2D eigenvalue weighted by atomic mass is 9.93. The molecule has 4 heteroatoms. The van der Waals surface area contributed by atoms with Gasteiger partial charge in [0.25, 0.3) is 0 Å². The Labute approximate surface area is 109 Å². The average Bonchev–Trinajstić information content (AvgIpc) is 2.37. The molecule has 0 aliphatic rings. The number of rotatable bonds is 6. The van der Waals surface area contributed by atoms with E-state index >= 15 is 0 Å². The minimum Gasteiger partial charge on any atom is -0.497 e. The highest BCUT2D eigenvalue weighted by Crippen LogP contribution is 2.32. The first-order valence-electron chi connectivity index (χ1n) is 5.96. The van der Waals surface area contributed by atoms with Crippen LogP contribution >= 0.6 is 0 Å². The van der Waals surface area contributed by atoms with Crippen LogP contribution in [-0.4, -0.2) is 26.9 Å². The zero-order valence-electron chi connectivity index (χ0n) is 11.8. The van der Waals surface area contributed by atoms with E-state index in [0.29, 0.717) is 6.42 Å². The second kappa shape index (κ2) is 6.07. The van der Waals surface area contributed by atoms with Gasteiger partial charge < -0.3 is 19.9 Å². The van der Waals surface area contributed by atoms with E-state index in [0.717, 1.165) is 17.1 Å². The Morgan fingerprint density at radius 2 is 1.83 bits per heavy atom. The van der Waals surface area contributed by atoms with Crippen molar-refractivity contribution in [3.05, 3.63) is 23.8 Å². The van der Waals surface area contributed by atoms with Crippen molar-refractivity contribution in [1.82, 2.24) is 0 Å². The molecule has 0 spiro atoms. The third-order valence-electron chi connectivity index (χ3n) is 3.10. The first-order chi connectivity index (χ1) is 8.43.